The fraction of sp³-hybridized carbons (Fsp3) is 0.571. The quantitative estimate of drug-likeness (QED) is 0.785. The maximum atomic E-state index is 5.98. The number of rotatable bonds is 2. The van der Waals surface area contributed by atoms with Gasteiger partial charge in [0.25, 0.3) is 0 Å². The van der Waals surface area contributed by atoms with Crippen molar-refractivity contribution in [3.8, 4) is 0 Å². The number of hydrogen-bond acceptors (Lipinski definition) is 1. The molecule has 1 atom stereocenters. The molecule has 0 aromatic heterocycles. The first-order valence-electron chi connectivity index (χ1n) is 5.70. The lowest BCUT2D eigenvalue weighted by atomic mass is 9.86. The second-order valence-corrected chi connectivity index (χ2v) is 5.72. The molecule has 2 N–H and O–H groups in total. The van der Waals surface area contributed by atoms with Gasteiger partial charge in [0.15, 0.2) is 0 Å². The zero-order chi connectivity index (χ0) is 11.3. The molecule has 1 nitrogen and oxygen atoms in total. The highest BCUT2D eigenvalue weighted by atomic mass is 14.7. The smallest absolute Gasteiger partial charge is 0.0132 e. The third-order valence-electron chi connectivity index (χ3n) is 4.04. The normalized spacial score (nSPS) is 27.8. The zero-order valence-corrected chi connectivity index (χ0v) is 10.2. The Morgan fingerprint density at radius 2 is 1.60 bits per heavy atom. The van der Waals surface area contributed by atoms with E-state index in [-0.39, 0.29) is 5.41 Å². The summed E-state index contributed by atoms with van der Waals surface area (Å²) in [4.78, 5) is 0. The van der Waals surface area contributed by atoms with Gasteiger partial charge < -0.3 is 5.73 Å². The Kier molecular flexibility index (Phi) is 2.20. The van der Waals surface area contributed by atoms with Crippen LogP contribution in [-0.2, 0) is 5.41 Å². The fourth-order valence-corrected chi connectivity index (χ4v) is 2.92. The van der Waals surface area contributed by atoms with Crippen molar-refractivity contribution in [1.82, 2.24) is 0 Å². The van der Waals surface area contributed by atoms with Gasteiger partial charge in [0.2, 0.25) is 0 Å². The van der Waals surface area contributed by atoms with Crippen molar-refractivity contribution in [3.05, 3.63) is 34.9 Å². The van der Waals surface area contributed by atoms with Crippen LogP contribution in [0.25, 0.3) is 0 Å². The number of hydrogen-bond donors (Lipinski definition) is 1. The molecule has 0 saturated heterocycles. The largest absolute Gasteiger partial charge is 0.330 e. The van der Waals surface area contributed by atoms with E-state index in [1.807, 2.05) is 0 Å². The van der Waals surface area contributed by atoms with Gasteiger partial charge in [0, 0.05) is 12.0 Å². The third-order valence-corrected chi connectivity index (χ3v) is 4.04. The van der Waals surface area contributed by atoms with E-state index in [0.29, 0.717) is 5.41 Å². The highest BCUT2D eigenvalue weighted by Gasteiger charge is 2.60. The number of benzene rings is 1. The minimum absolute atomic E-state index is 0.240. The monoisotopic (exact) mass is 203 g/mol. The summed E-state index contributed by atoms with van der Waals surface area (Å²) >= 11 is 0. The molecule has 1 unspecified atom stereocenters. The molecule has 82 valence electrons. The van der Waals surface area contributed by atoms with Gasteiger partial charge >= 0.3 is 0 Å². The van der Waals surface area contributed by atoms with Crippen LogP contribution in [0.4, 0.5) is 0 Å². The van der Waals surface area contributed by atoms with E-state index in [2.05, 4.69) is 45.9 Å². The molecule has 1 aromatic rings. The number of aryl methyl sites for hydroxylation is 2. The van der Waals surface area contributed by atoms with Gasteiger partial charge in [-0.3, -0.25) is 0 Å². The minimum atomic E-state index is 0.240. The Hall–Kier alpha value is -0.820. The van der Waals surface area contributed by atoms with E-state index >= 15 is 0 Å². The summed E-state index contributed by atoms with van der Waals surface area (Å²) in [6.45, 7) is 9.73. The average molecular weight is 203 g/mol. The average Bonchev–Trinajstić information content (AvgIpc) is 2.68. The Bertz CT molecular complexity index is 372. The Morgan fingerprint density at radius 1 is 1.13 bits per heavy atom. The molecular formula is C14H21N. The van der Waals surface area contributed by atoms with E-state index < -0.39 is 0 Å². The van der Waals surface area contributed by atoms with Crippen LogP contribution in [0.2, 0.25) is 0 Å². The van der Waals surface area contributed by atoms with Crippen molar-refractivity contribution in [2.45, 2.75) is 39.5 Å². The van der Waals surface area contributed by atoms with Crippen LogP contribution < -0.4 is 5.73 Å². The summed E-state index contributed by atoms with van der Waals surface area (Å²) < 4.78 is 0. The molecular weight excluding hydrogens is 182 g/mol. The lowest BCUT2D eigenvalue weighted by Gasteiger charge is -2.20. The molecule has 1 aliphatic rings. The maximum absolute atomic E-state index is 5.98. The van der Waals surface area contributed by atoms with E-state index in [0.717, 1.165) is 6.54 Å². The molecule has 1 aliphatic carbocycles. The SMILES string of the molecule is Cc1cc(C)cc(C2(CN)CC2(C)C)c1. The molecule has 0 amide bonds. The Morgan fingerprint density at radius 3 is 1.93 bits per heavy atom. The Balaban J connectivity index is 2.46. The molecule has 0 bridgehead atoms. The lowest BCUT2D eigenvalue weighted by Crippen LogP contribution is -2.25. The summed E-state index contributed by atoms with van der Waals surface area (Å²) in [7, 11) is 0. The third kappa shape index (κ3) is 1.50. The molecule has 1 saturated carbocycles. The molecule has 1 aromatic carbocycles. The molecule has 0 heterocycles. The van der Waals surface area contributed by atoms with Crippen molar-refractivity contribution in [2.24, 2.45) is 11.1 Å². The van der Waals surface area contributed by atoms with Gasteiger partial charge in [0.1, 0.15) is 0 Å². The molecule has 1 heteroatoms. The van der Waals surface area contributed by atoms with Crippen molar-refractivity contribution < 1.29 is 0 Å². The van der Waals surface area contributed by atoms with Gasteiger partial charge in [-0.2, -0.15) is 0 Å². The van der Waals surface area contributed by atoms with Crippen LogP contribution in [0, 0.1) is 19.3 Å². The van der Waals surface area contributed by atoms with E-state index in [1.165, 1.54) is 23.1 Å². The maximum Gasteiger partial charge on any atom is 0.0132 e. The first-order chi connectivity index (χ1) is 6.91. The first-order valence-corrected chi connectivity index (χ1v) is 5.70. The van der Waals surface area contributed by atoms with E-state index in [4.69, 9.17) is 5.73 Å². The summed E-state index contributed by atoms with van der Waals surface area (Å²) in [6, 6.07) is 6.83. The first kappa shape index (κ1) is 10.7. The van der Waals surface area contributed by atoms with Crippen molar-refractivity contribution in [3.63, 3.8) is 0 Å². The molecule has 1 fully saturated rings. The van der Waals surface area contributed by atoms with E-state index in [9.17, 15) is 0 Å². The zero-order valence-electron chi connectivity index (χ0n) is 10.2. The van der Waals surface area contributed by atoms with Gasteiger partial charge in [-0.05, 0) is 31.2 Å². The summed E-state index contributed by atoms with van der Waals surface area (Å²) in [5.41, 5.74) is 10.7. The van der Waals surface area contributed by atoms with Gasteiger partial charge in [0.05, 0.1) is 0 Å². The number of nitrogens with two attached hydrogens (primary N) is 1. The topological polar surface area (TPSA) is 26.0 Å². The van der Waals surface area contributed by atoms with Gasteiger partial charge in [-0.1, -0.05) is 43.2 Å². The second kappa shape index (κ2) is 3.08. The Labute approximate surface area is 92.7 Å². The van der Waals surface area contributed by atoms with Gasteiger partial charge in [-0.15, -0.1) is 0 Å². The van der Waals surface area contributed by atoms with Crippen LogP contribution in [0.1, 0.15) is 37.0 Å². The predicted molar refractivity (Wildman–Crippen MR) is 65.0 cm³/mol. The lowest BCUT2D eigenvalue weighted by molar-refractivity contribution is 0.502. The van der Waals surface area contributed by atoms with Crippen molar-refractivity contribution >= 4 is 0 Å². The highest BCUT2D eigenvalue weighted by molar-refractivity contribution is 5.41. The van der Waals surface area contributed by atoms with Crippen LogP contribution in [0.15, 0.2) is 18.2 Å². The van der Waals surface area contributed by atoms with Crippen LogP contribution >= 0.6 is 0 Å². The summed E-state index contributed by atoms with van der Waals surface area (Å²) in [6.07, 6.45) is 1.22. The van der Waals surface area contributed by atoms with Gasteiger partial charge in [-0.25, -0.2) is 0 Å². The second-order valence-electron chi connectivity index (χ2n) is 5.72. The fourth-order valence-electron chi connectivity index (χ4n) is 2.92. The van der Waals surface area contributed by atoms with E-state index in [1.54, 1.807) is 0 Å². The van der Waals surface area contributed by atoms with Crippen LogP contribution in [-0.4, -0.2) is 6.54 Å². The standard InChI is InChI=1S/C14H21N/c1-10-5-11(2)7-12(6-10)14(9-15)8-13(14,3)4/h5-7H,8-9,15H2,1-4H3. The van der Waals surface area contributed by atoms with Crippen molar-refractivity contribution in [2.75, 3.05) is 6.54 Å². The van der Waals surface area contributed by atoms with Crippen molar-refractivity contribution in [1.29, 1.82) is 0 Å². The molecule has 15 heavy (non-hydrogen) atoms. The molecule has 0 spiro atoms. The molecule has 2 rings (SSSR count). The highest BCUT2D eigenvalue weighted by Crippen LogP contribution is 2.63. The minimum Gasteiger partial charge on any atom is -0.330 e. The molecule has 0 aliphatic heterocycles. The molecule has 0 radical (unpaired) electrons. The predicted octanol–water partition coefficient (Wildman–Crippen LogP) is 2.93. The van der Waals surface area contributed by atoms with Crippen LogP contribution in [0.3, 0.4) is 0 Å². The summed E-state index contributed by atoms with van der Waals surface area (Å²) in [5.74, 6) is 0. The van der Waals surface area contributed by atoms with Crippen LogP contribution in [0.5, 0.6) is 0 Å². The summed E-state index contributed by atoms with van der Waals surface area (Å²) in [5, 5.41) is 0.